The highest BCUT2D eigenvalue weighted by Crippen LogP contribution is 2.33. The van der Waals surface area contributed by atoms with Gasteiger partial charge < -0.3 is 5.11 Å². The molecule has 1 aliphatic rings. The van der Waals surface area contributed by atoms with Crippen molar-refractivity contribution in [2.45, 2.75) is 57.7 Å². The molecule has 3 rings (SSSR count). The minimum Gasteiger partial charge on any atom is -0.353 e. The van der Waals surface area contributed by atoms with Gasteiger partial charge in [0.1, 0.15) is 12.7 Å². The molecule has 0 saturated carbocycles. The predicted octanol–water partition coefficient (Wildman–Crippen LogP) is 3.39. The SMILES string of the molecule is CCCCCCCCN1c2nccc[n+]2C[C@@]1(O)c1ccccc1. The largest absolute Gasteiger partial charge is 0.396 e. The fraction of sp³-hybridized carbons (Fsp3) is 0.500. The number of aliphatic hydroxyl groups is 1. The van der Waals surface area contributed by atoms with Gasteiger partial charge in [0, 0.05) is 11.6 Å². The molecule has 0 radical (unpaired) electrons. The van der Waals surface area contributed by atoms with Crippen LogP contribution in [0.3, 0.4) is 0 Å². The van der Waals surface area contributed by atoms with Crippen LogP contribution in [0.1, 0.15) is 51.0 Å². The third-order valence-corrected chi connectivity index (χ3v) is 4.85. The van der Waals surface area contributed by atoms with E-state index in [1.807, 2.05) is 47.2 Å². The standard InChI is InChI=1S/C20H28N3O/c1-2-3-4-5-6-10-16-23-19-21-14-11-15-22(19)17-20(23,24)18-12-8-7-9-13-18/h7-9,11-15,24H,2-6,10,16-17H2,1H3/q+1/t20-/m1/s1. The van der Waals surface area contributed by atoms with Crippen molar-refractivity contribution in [2.75, 3.05) is 11.4 Å². The molecule has 1 atom stereocenters. The van der Waals surface area contributed by atoms with E-state index >= 15 is 0 Å². The fourth-order valence-corrected chi connectivity index (χ4v) is 3.52. The number of fused-ring (bicyclic) bond motifs is 1. The van der Waals surface area contributed by atoms with Gasteiger partial charge in [0.05, 0.1) is 12.7 Å². The summed E-state index contributed by atoms with van der Waals surface area (Å²) in [5.41, 5.74) is -0.0760. The van der Waals surface area contributed by atoms with Gasteiger partial charge in [-0.05, 0) is 6.42 Å². The molecule has 0 unspecified atom stereocenters. The first-order valence-electron chi connectivity index (χ1n) is 9.15. The Hall–Kier alpha value is -1.94. The minimum atomic E-state index is -1.01. The number of hydrogen-bond donors (Lipinski definition) is 1. The Bertz CT molecular complexity index is 646. The smallest absolute Gasteiger partial charge is 0.353 e. The Balaban J connectivity index is 1.74. The Morgan fingerprint density at radius 3 is 2.62 bits per heavy atom. The predicted molar refractivity (Wildman–Crippen MR) is 95.5 cm³/mol. The summed E-state index contributed by atoms with van der Waals surface area (Å²) in [6.45, 7) is 3.59. The molecule has 2 aromatic rings. The summed E-state index contributed by atoms with van der Waals surface area (Å²) < 4.78 is 2.05. The summed E-state index contributed by atoms with van der Waals surface area (Å²) in [6, 6.07) is 11.9. The van der Waals surface area contributed by atoms with E-state index in [1.54, 1.807) is 6.20 Å². The van der Waals surface area contributed by atoms with Crippen LogP contribution >= 0.6 is 0 Å². The van der Waals surface area contributed by atoms with Crippen LogP contribution in [0, 0.1) is 0 Å². The van der Waals surface area contributed by atoms with E-state index in [9.17, 15) is 5.11 Å². The molecule has 1 aromatic heterocycles. The van der Waals surface area contributed by atoms with Gasteiger partial charge in [-0.3, -0.25) is 0 Å². The highest BCUT2D eigenvalue weighted by molar-refractivity contribution is 5.37. The Kier molecular flexibility index (Phi) is 5.46. The maximum Gasteiger partial charge on any atom is 0.396 e. The number of unbranched alkanes of at least 4 members (excludes halogenated alkanes) is 5. The topological polar surface area (TPSA) is 40.2 Å². The van der Waals surface area contributed by atoms with E-state index in [0.29, 0.717) is 6.54 Å². The van der Waals surface area contributed by atoms with E-state index in [-0.39, 0.29) is 0 Å². The first-order valence-corrected chi connectivity index (χ1v) is 9.15. The third-order valence-electron chi connectivity index (χ3n) is 4.85. The van der Waals surface area contributed by atoms with Gasteiger partial charge in [0.15, 0.2) is 0 Å². The molecule has 0 aliphatic carbocycles. The van der Waals surface area contributed by atoms with Crippen LogP contribution in [0.15, 0.2) is 48.8 Å². The quantitative estimate of drug-likeness (QED) is 0.597. The van der Waals surface area contributed by atoms with Gasteiger partial charge >= 0.3 is 5.95 Å². The molecule has 1 aromatic carbocycles. The molecular formula is C20H28N3O+. The number of rotatable bonds is 8. The zero-order valence-corrected chi connectivity index (χ0v) is 14.6. The summed E-state index contributed by atoms with van der Waals surface area (Å²) in [5, 5.41) is 11.4. The molecular weight excluding hydrogens is 298 g/mol. The molecule has 0 spiro atoms. The molecule has 4 heteroatoms. The van der Waals surface area contributed by atoms with Gasteiger partial charge in [-0.25, -0.2) is 9.47 Å². The first kappa shape index (κ1) is 16.9. The summed E-state index contributed by atoms with van der Waals surface area (Å²) >= 11 is 0. The number of benzene rings is 1. The van der Waals surface area contributed by atoms with Crippen LogP contribution < -0.4 is 9.47 Å². The number of hydrogen-bond acceptors (Lipinski definition) is 3. The zero-order valence-electron chi connectivity index (χ0n) is 14.6. The summed E-state index contributed by atoms with van der Waals surface area (Å²) in [6.07, 6.45) is 11.3. The highest BCUT2D eigenvalue weighted by Gasteiger charge is 2.50. The third kappa shape index (κ3) is 3.44. The molecule has 2 heterocycles. The summed E-state index contributed by atoms with van der Waals surface area (Å²) in [4.78, 5) is 6.59. The van der Waals surface area contributed by atoms with E-state index in [1.165, 1.54) is 32.1 Å². The van der Waals surface area contributed by atoms with Crippen molar-refractivity contribution in [1.82, 2.24) is 4.98 Å². The van der Waals surface area contributed by atoms with Gasteiger partial charge in [-0.15, -0.1) is 0 Å². The van der Waals surface area contributed by atoms with E-state index in [2.05, 4.69) is 16.8 Å². The van der Waals surface area contributed by atoms with Gasteiger partial charge in [-0.2, -0.15) is 0 Å². The zero-order chi connectivity index (χ0) is 16.8. The van der Waals surface area contributed by atoms with Crippen LogP contribution in [-0.2, 0) is 12.3 Å². The van der Waals surface area contributed by atoms with Crippen molar-refractivity contribution in [3.8, 4) is 0 Å². The lowest BCUT2D eigenvalue weighted by Gasteiger charge is -2.28. The van der Waals surface area contributed by atoms with Gasteiger partial charge in [0.2, 0.25) is 5.72 Å². The maximum absolute atomic E-state index is 11.4. The van der Waals surface area contributed by atoms with Gasteiger partial charge in [0.25, 0.3) is 0 Å². The van der Waals surface area contributed by atoms with Crippen molar-refractivity contribution < 1.29 is 9.67 Å². The van der Waals surface area contributed by atoms with E-state index in [0.717, 1.165) is 24.5 Å². The molecule has 4 nitrogen and oxygen atoms in total. The van der Waals surface area contributed by atoms with Crippen molar-refractivity contribution in [1.29, 1.82) is 0 Å². The number of anilines is 1. The fourth-order valence-electron chi connectivity index (χ4n) is 3.52. The second-order valence-corrected chi connectivity index (χ2v) is 6.65. The number of nitrogens with zero attached hydrogens (tertiary/aromatic N) is 3. The van der Waals surface area contributed by atoms with Crippen LogP contribution in [0.5, 0.6) is 0 Å². The van der Waals surface area contributed by atoms with Gasteiger partial charge in [-0.1, -0.05) is 74.3 Å². The average molecular weight is 326 g/mol. The maximum atomic E-state index is 11.4. The van der Waals surface area contributed by atoms with E-state index < -0.39 is 5.72 Å². The first-order chi connectivity index (χ1) is 11.8. The minimum absolute atomic E-state index is 0.524. The Labute approximate surface area is 144 Å². The second kappa shape index (κ2) is 7.75. The van der Waals surface area contributed by atoms with E-state index in [4.69, 9.17) is 0 Å². The molecule has 0 amide bonds. The summed E-state index contributed by atoms with van der Waals surface area (Å²) in [7, 11) is 0. The van der Waals surface area contributed by atoms with Crippen LogP contribution in [0.2, 0.25) is 0 Å². The van der Waals surface area contributed by atoms with Crippen molar-refractivity contribution in [3.05, 3.63) is 54.4 Å². The lowest BCUT2D eigenvalue weighted by atomic mass is 10.0. The molecule has 1 aliphatic heterocycles. The summed E-state index contributed by atoms with van der Waals surface area (Å²) in [5.74, 6) is 0.859. The Morgan fingerprint density at radius 2 is 1.83 bits per heavy atom. The molecule has 128 valence electrons. The average Bonchev–Trinajstić information content (AvgIpc) is 2.92. The van der Waals surface area contributed by atoms with Crippen molar-refractivity contribution in [3.63, 3.8) is 0 Å². The van der Waals surface area contributed by atoms with Crippen LogP contribution in [0.4, 0.5) is 5.95 Å². The van der Waals surface area contributed by atoms with Crippen molar-refractivity contribution >= 4 is 5.95 Å². The molecule has 1 N–H and O–H groups in total. The lowest BCUT2D eigenvalue weighted by molar-refractivity contribution is -0.685. The highest BCUT2D eigenvalue weighted by atomic mass is 16.3. The normalized spacial score (nSPS) is 19.5. The lowest BCUT2D eigenvalue weighted by Crippen LogP contribution is -2.46. The molecule has 24 heavy (non-hydrogen) atoms. The van der Waals surface area contributed by atoms with Crippen molar-refractivity contribution in [2.24, 2.45) is 0 Å². The molecule has 0 bridgehead atoms. The number of aromatic nitrogens is 2. The van der Waals surface area contributed by atoms with Crippen LogP contribution in [-0.4, -0.2) is 16.6 Å². The second-order valence-electron chi connectivity index (χ2n) is 6.65. The molecule has 0 saturated heterocycles. The monoisotopic (exact) mass is 326 g/mol. The Morgan fingerprint density at radius 1 is 1.08 bits per heavy atom. The molecule has 0 fully saturated rings. The van der Waals surface area contributed by atoms with Crippen LogP contribution in [0.25, 0.3) is 0 Å².